The fourth-order valence-corrected chi connectivity index (χ4v) is 1.92. The zero-order valence-corrected chi connectivity index (χ0v) is 9.87. The molecule has 7 nitrogen and oxygen atoms in total. The summed E-state index contributed by atoms with van der Waals surface area (Å²) >= 11 is 1.42. The van der Waals surface area contributed by atoms with E-state index in [1.165, 1.54) is 18.0 Å². The lowest BCUT2D eigenvalue weighted by Gasteiger charge is -1.92. The molecule has 90 valence electrons. The quantitative estimate of drug-likeness (QED) is 0.318. The lowest BCUT2D eigenvalue weighted by Crippen LogP contribution is -2.29. The summed E-state index contributed by atoms with van der Waals surface area (Å²) < 4.78 is 5.21. The normalized spacial score (nSPS) is 10.5. The summed E-state index contributed by atoms with van der Waals surface area (Å²) in [6.07, 6.45) is 1.36. The minimum Gasteiger partial charge on any atom is -0.468 e. The molecule has 0 saturated heterocycles. The van der Waals surface area contributed by atoms with Crippen LogP contribution in [0.25, 0.3) is 0 Å². The lowest BCUT2D eigenvalue weighted by atomic mass is 10.3. The average molecular weight is 253 g/mol. The Morgan fingerprint density at radius 2 is 2.53 bits per heavy atom. The molecule has 2 rings (SSSR count). The van der Waals surface area contributed by atoms with Crippen molar-refractivity contribution in [3.63, 3.8) is 0 Å². The molecule has 0 aliphatic rings. The van der Waals surface area contributed by atoms with Gasteiger partial charge >= 0.3 is 0 Å². The van der Waals surface area contributed by atoms with Gasteiger partial charge < -0.3 is 4.42 Å². The predicted molar refractivity (Wildman–Crippen MR) is 61.0 cm³/mol. The zero-order valence-electron chi connectivity index (χ0n) is 9.06. The van der Waals surface area contributed by atoms with Gasteiger partial charge in [0.2, 0.25) is 5.16 Å². The molecule has 0 bridgehead atoms. The number of hydrazine groups is 1. The number of carbonyl (C=O) groups is 1. The van der Waals surface area contributed by atoms with Gasteiger partial charge in [0.1, 0.15) is 17.8 Å². The third kappa shape index (κ3) is 2.86. The van der Waals surface area contributed by atoms with Crippen molar-refractivity contribution in [3.05, 3.63) is 29.5 Å². The number of hydrogen-bond acceptors (Lipinski definition) is 6. The molecular formula is C9H11N5O2S. The molecule has 17 heavy (non-hydrogen) atoms. The van der Waals surface area contributed by atoms with Crippen LogP contribution in [0.5, 0.6) is 0 Å². The van der Waals surface area contributed by atoms with Crippen molar-refractivity contribution in [3.8, 4) is 0 Å². The third-order valence-corrected chi connectivity index (χ3v) is 2.84. The van der Waals surface area contributed by atoms with Crippen molar-refractivity contribution >= 4 is 17.7 Å². The van der Waals surface area contributed by atoms with Gasteiger partial charge in [-0.3, -0.25) is 15.3 Å². The van der Waals surface area contributed by atoms with Gasteiger partial charge in [-0.2, -0.15) is 0 Å². The second-order valence-electron chi connectivity index (χ2n) is 3.27. The van der Waals surface area contributed by atoms with Crippen molar-refractivity contribution in [1.82, 2.24) is 20.6 Å². The number of rotatable bonds is 4. The first-order chi connectivity index (χ1) is 8.19. The van der Waals surface area contributed by atoms with Crippen LogP contribution in [0.4, 0.5) is 0 Å². The number of nitrogens with one attached hydrogen (secondary N) is 2. The number of carbonyl (C=O) groups excluding carboxylic acids is 1. The summed E-state index contributed by atoms with van der Waals surface area (Å²) in [6, 6.07) is 1.63. The van der Waals surface area contributed by atoms with Gasteiger partial charge in [0.15, 0.2) is 0 Å². The number of nitrogens with two attached hydrogens (primary N) is 1. The van der Waals surface area contributed by atoms with Gasteiger partial charge in [0.25, 0.3) is 5.91 Å². The summed E-state index contributed by atoms with van der Waals surface area (Å²) in [5.74, 6) is 6.61. The van der Waals surface area contributed by atoms with Gasteiger partial charge in [0.05, 0.1) is 11.3 Å². The van der Waals surface area contributed by atoms with Crippen LogP contribution in [-0.4, -0.2) is 21.1 Å². The van der Waals surface area contributed by atoms with Crippen LogP contribution in [0.2, 0.25) is 0 Å². The highest BCUT2D eigenvalue weighted by Gasteiger charge is 2.09. The molecule has 0 spiro atoms. The van der Waals surface area contributed by atoms with Crippen molar-refractivity contribution in [1.29, 1.82) is 0 Å². The first-order valence-electron chi connectivity index (χ1n) is 4.79. The maximum atomic E-state index is 11.2. The zero-order chi connectivity index (χ0) is 12.3. The van der Waals surface area contributed by atoms with Crippen LogP contribution < -0.4 is 11.3 Å². The Morgan fingerprint density at radius 3 is 3.18 bits per heavy atom. The molecule has 2 heterocycles. The number of aromatic nitrogens is 3. The van der Waals surface area contributed by atoms with Crippen molar-refractivity contribution in [2.24, 2.45) is 5.84 Å². The van der Waals surface area contributed by atoms with E-state index >= 15 is 0 Å². The Bertz CT molecular complexity index is 521. The second-order valence-corrected chi connectivity index (χ2v) is 4.21. The SMILES string of the molecule is Cc1nc(SCc2cc(C(=O)NN)co2)n[nH]1. The Morgan fingerprint density at radius 1 is 1.71 bits per heavy atom. The highest BCUT2D eigenvalue weighted by atomic mass is 32.2. The smallest absolute Gasteiger partial charge is 0.268 e. The van der Waals surface area contributed by atoms with Gasteiger partial charge in [-0.05, 0) is 13.0 Å². The number of H-pyrrole nitrogens is 1. The molecule has 0 fully saturated rings. The highest BCUT2D eigenvalue weighted by Crippen LogP contribution is 2.20. The molecule has 0 unspecified atom stereocenters. The molecule has 0 atom stereocenters. The predicted octanol–water partition coefficient (Wildman–Crippen LogP) is 0.602. The van der Waals surface area contributed by atoms with Gasteiger partial charge in [-0.15, -0.1) is 5.10 Å². The van der Waals surface area contributed by atoms with E-state index in [-0.39, 0.29) is 5.91 Å². The number of nitrogens with zero attached hydrogens (tertiary/aromatic N) is 2. The Kier molecular flexibility index (Phi) is 3.45. The van der Waals surface area contributed by atoms with E-state index in [0.29, 0.717) is 22.2 Å². The topological polar surface area (TPSA) is 110 Å². The molecular weight excluding hydrogens is 242 g/mol. The first-order valence-corrected chi connectivity index (χ1v) is 5.78. The highest BCUT2D eigenvalue weighted by molar-refractivity contribution is 7.98. The lowest BCUT2D eigenvalue weighted by molar-refractivity contribution is 0.0953. The number of aromatic amines is 1. The maximum Gasteiger partial charge on any atom is 0.268 e. The van der Waals surface area contributed by atoms with Gasteiger partial charge in [-0.1, -0.05) is 11.8 Å². The number of amides is 1. The van der Waals surface area contributed by atoms with Crippen LogP contribution in [-0.2, 0) is 5.75 Å². The Balaban J connectivity index is 1.95. The summed E-state index contributed by atoms with van der Waals surface area (Å²) in [4.78, 5) is 15.3. The van der Waals surface area contributed by atoms with E-state index < -0.39 is 0 Å². The molecule has 0 saturated carbocycles. The molecule has 0 radical (unpaired) electrons. The van der Waals surface area contributed by atoms with Crippen LogP contribution in [0, 0.1) is 6.92 Å². The summed E-state index contributed by atoms with van der Waals surface area (Å²) in [6.45, 7) is 1.83. The van der Waals surface area contributed by atoms with Crippen LogP contribution in [0.1, 0.15) is 21.9 Å². The molecule has 0 aliphatic heterocycles. The van der Waals surface area contributed by atoms with E-state index in [0.717, 1.165) is 5.82 Å². The van der Waals surface area contributed by atoms with Gasteiger partial charge in [0, 0.05) is 0 Å². The van der Waals surface area contributed by atoms with Gasteiger partial charge in [-0.25, -0.2) is 10.8 Å². The molecule has 8 heteroatoms. The van der Waals surface area contributed by atoms with Crippen LogP contribution >= 0.6 is 11.8 Å². The van der Waals surface area contributed by atoms with Crippen molar-refractivity contribution in [2.45, 2.75) is 17.8 Å². The number of hydrogen-bond donors (Lipinski definition) is 3. The fraction of sp³-hybridized carbons (Fsp3) is 0.222. The molecule has 0 aliphatic carbocycles. The molecule has 0 aromatic carbocycles. The minimum atomic E-state index is -0.376. The van der Waals surface area contributed by atoms with Crippen molar-refractivity contribution in [2.75, 3.05) is 0 Å². The largest absolute Gasteiger partial charge is 0.468 e. The minimum absolute atomic E-state index is 0.376. The number of aryl methyl sites for hydroxylation is 1. The summed E-state index contributed by atoms with van der Waals surface area (Å²) in [7, 11) is 0. The number of thioether (sulfide) groups is 1. The number of furan rings is 1. The third-order valence-electron chi connectivity index (χ3n) is 1.97. The van der Waals surface area contributed by atoms with E-state index in [9.17, 15) is 4.79 Å². The summed E-state index contributed by atoms with van der Waals surface area (Å²) in [5.41, 5.74) is 2.43. The standard InChI is InChI=1S/C9H11N5O2S/c1-5-11-9(14-13-5)17-4-7-2-6(3-16-7)8(15)12-10/h2-3H,4,10H2,1H3,(H,12,15)(H,11,13,14). The van der Waals surface area contributed by atoms with Crippen molar-refractivity contribution < 1.29 is 9.21 Å². The van der Waals surface area contributed by atoms with Crippen LogP contribution in [0.15, 0.2) is 21.9 Å². The van der Waals surface area contributed by atoms with E-state index in [1.807, 2.05) is 12.3 Å². The first kappa shape index (κ1) is 11.7. The maximum absolute atomic E-state index is 11.2. The van der Waals surface area contributed by atoms with Crippen LogP contribution in [0.3, 0.4) is 0 Å². The average Bonchev–Trinajstić information content (AvgIpc) is 2.94. The molecule has 2 aromatic rings. The number of nitrogen functional groups attached to an aromatic ring is 1. The van der Waals surface area contributed by atoms with E-state index in [2.05, 4.69) is 15.2 Å². The Hall–Kier alpha value is -1.80. The van der Waals surface area contributed by atoms with E-state index in [4.69, 9.17) is 10.3 Å². The molecule has 2 aromatic heterocycles. The van der Waals surface area contributed by atoms with E-state index in [1.54, 1.807) is 6.07 Å². The Labute approximate surface area is 101 Å². The fourth-order valence-electron chi connectivity index (χ4n) is 1.18. The molecule has 1 amide bonds. The molecule has 4 N–H and O–H groups in total. The summed E-state index contributed by atoms with van der Waals surface area (Å²) in [5, 5.41) is 7.36. The monoisotopic (exact) mass is 253 g/mol. The second kappa shape index (κ2) is 5.02.